The summed E-state index contributed by atoms with van der Waals surface area (Å²) in [5.41, 5.74) is 1.13. The molecule has 1 fully saturated rings. The summed E-state index contributed by atoms with van der Waals surface area (Å²) < 4.78 is 5.14. The van der Waals surface area contributed by atoms with E-state index in [0.717, 1.165) is 5.56 Å². The van der Waals surface area contributed by atoms with Gasteiger partial charge < -0.3 is 9.64 Å². The lowest BCUT2D eigenvalue weighted by Crippen LogP contribution is -2.35. The molecule has 0 spiro atoms. The van der Waals surface area contributed by atoms with Gasteiger partial charge in [0.1, 0.15) is 6.17 Å². The van der Waals surface area contributed by atoms with E-state index in [9.17, 15) is 4.79 Å². The summed E-state index contributed by atoms with van der Waals surface area (Å²) in [5, 5.41) is 3.47. The quantitative estimate of drug-likeness (QED) is 0.820. The first-order valence-electron chi connectivity index (χ1n) is 7.28. The summed E-state index contributed by atoms with van der Waals surface area (Å²) in [7, 11) is 1.66. The Labute approximate surface area is 131 Å². The molecule has 1 amide bonds. The van der Waals surface area contributed by atoms with Gasteiger partial charge in [-0.2, -0.15) is 0 Å². The van der Waals surface area contributed by atoms with Gasteiger partial charge in [0.05, 0.1) is 12.6 Å². The molecule has 1 aromatic carbocycles. The Morgan fingerprint density at radius 3 is 2.52 bits per heavy atom. The van der Waals surface area contributed by atoms with Crippen molar-refractivity contribution in [1.82, 2.24) is 10.2 Å². The van der Waals surface area contributed by atoms with Crippen molar-refractivity contribution in [3.63, 3.8) is 0 Å². The van der Waals surface area contributed by atoms with Crippen LogP contribution >= 0.6 is 11.8 Å². The maximum absolute atomic E-state index is 12.6. The van der Waals surface area contributed by atoms with Gasteiger partial charge in [-0.05, 0) is 29.9 Å². The molecule has 1 aromatic rings. The Bertz CT molecular complexity index is 476. The highest BCUT2D eigenvalue weighted by molar-refractivity contribution is 7.98. The first-order valence-corrected chi connectivity index (χ1v) is 8.50. The van der Waals surface area contributed by atoms with Crippen LogP contribution in [0, 0.1) is 5.92 Å². The smallest absolute Gasteiger partial charge is 0.241 e. The van der Waals surface area contributed by atoms with Crippen LogP contribution in [-0.2, 0) is 9.53 Å². The lowest BCUT2D eigenvalue weighted by atomic mass is 10.1. The van der Waals surface area contributed by atoms with E-state index < -0.39 is 0 Å². The number of ether oxygens (including phenoxy) is 1. The van der Waals surface area contributed by atoms with E-state index in [-0.39, 0.29) is 24.0 Å². The van der Waals surface area contributed by atoms with Crippen molar-refractivity contribution < 1.29 is 9.53 Å². The molecule has 1 saturated heterocycles. The standard InChI is InChI=1S/C16H24N2O2S/c1-11(2)14-16(19)18(9-10-20-3)15(17-14)12-5-7-13(21-4)8-6-12/h5-8,11,14-15,17H,9-10H2,1-4H3. The molecule has 0 saturated carbocycles. The van der Waals surface area contributed by atoms with Crippen molar-refractivity contribution >= 4 is 17.7 Å². The molecule has 5 heteroatoms. The number of thioether (sulfide) groups is 1. The molecule has 0 aliphatic carbocycles. The number of rotatable bonds is 6. The highest BCUT2D eigenvalue weighted by Crippen LogP contribution is 2.29. The molecule has 1 N–H and O–H groups in total. The first kappa shape index (κ1) is 16.3. The molecule has 1 aliphatic heterocycles. The third-order valence-electron chi connectivity index (χ3n) is 3.83. The number of nitrogens with one attached hydrogen (secondary N) is 1. The molecule has 116 valence electrons. The van der Waals surface area contributed by atoms with E-state index >= 15 is 0 Å². The monoisotopic (exact) mass is 308 g/mol. The number of carbonyl (C=O) groups excluding carboxylic acids is 1. The summed E-state index contributed by atoms with van der Waals surface area (Å²) in [6.45, 7) is 5.31. The van der Waals surface area contributed by atoms with Gasteiger partial charge in [-0.15, -0.1) is 11.8 Å². The van der Waals surface area contributed by atoms with Crippen LogP contribution in [0.25, 0.3) is 0 Å². The average molecular weight is 308 g/mol. The zero-order valence-corrected chi connectivity index (χ0v) is 13.9. The molecule has 0 radical (unpaired) electrons. The Hall–Kier alpha value is -1.04. The number of hydrogen-bond donors (Lipinski definition) is 1. The first-order chi connectivity index (χ1) is 10.1. The third-order valence-corrected chi connectivity index (χ3v) is 4.58. The van der Waals surface area contributed by atoms with Crippen LogP contribution in [0.2, 0.25) is 0 Å². The minimum Gasteiger partial charge on any atom is -0.383 e. The largest absolute Gasteiger partial charge is 0.383 e. The SMILES string of the molecule is COCCN1C(=O)C(C(C)C)NC1c1ccc(SC)cc1. The minimum atomic E-state index is -0.118. The molecule has 2 rings (SSSR count). The second kappa shape index (κ2) is 7.29. The Morgan fingerprint density at radius 1 is 1.33 bits per heavy atom. The van der Waals surface area contributed by atoms with E-state index in [0.29, 0.717) is 13.2 Å². The molecule has 2 unspecified atom stereocenters. The van der Waals surface area contributed by atoms with Crippen LogP contribution in [0.15, 0.2) is 29.2 Å². The van der Waals surface area contributed by atoms with Crippen molar-refractivity contribution in [2.75, 3.05) is 26.5 Å². The Morgan fingerprint density at radius 2 is 2.00 bits per heavy atom. The number of nitrogens with zero attached hydrogens (tertiary/aromatic N) is 1. The number of carbonyl (C=O) groups is 1. The summed E-state index contributed by atoms with van der Waals surface area (Å²) >= 11 is 1.72. The molecule has 4 nitrogen and oxygen atoms in total. The van der Waals surface area contributed by atoms with E-state index in [4.69, 9.17) is 4.74 Å². The number of benzene rings is 1. The van der Waals surface area contributed by atoms with E-state index in [2.05, 4.69) is 49.7 Å². The Balaban J connectivity index is 2.22. The van der Waals surface area contributed by atoms with Crippen molar-refractivity contribution in [1.29, 1.82) is 0 Å². The lowest BCUT2D eigenvalue weighted by molar-refractivity contribution is -0.131. The van der Waals surface area contributed by atoms with Gasteiger partial charge >= 0.3 is 0 Å². The third kappa shape index (κ3) is 3.59. The summed E-state index contributed by atoms with van der Waals surface area (Å²) in [5.74, 6) is 0.444. The van der Waals surface area contributed by atoms with Gasteiger partial charge in [0.15, 0.2) is 0 Å². The van der Waals surface area contributed by atoms with Gasteiger partial charge in [-0.1, -0.05) is 26.0 Å². The van der Waals surface area contributed by atoms with E-state index in [1.807, 2.05) is 4.90 Å². The molecule has 21 heavy (non-hydrogen) atoms. The van der Waals surface area contributed by atoms with Crippen molar-refractivity contribution in [2.24, 2.45) is 5.92 Å². The van der Waals surface area contributed by atoms with Crippen LogP contribution in [-0.4, -0.2) is 43.4 Å². The fourth-order valence-electron chi connectivity index (χ4n) is 2.61. The highest BCUT2D eigenvalue weighted by Gasteiger charge is 2.40. The van der Waals surface area contributed by atoms with Crippen molar-refractivity contribution in [2.45, 2.75) is 31.0 Å². The van der Waals surface area contributed by atoms with Gasteiger partial charge in [0, 0.05) is 18.6 Å². The lowest BCUT2D eigenvalue weighted by Gasteiger charge is -2.24. The van der Waals surface area contributed by atoms with Crippen LogP contribution < -0.4 is 5.32 Å². The molecular formula is C16H24N2O2S. The molecule has 0 aromatic heterocycles. The maximum Gasteiger partial charge on any atom is 0.241 e. The summed E-state index contributed by atoms with van der Waals surface area (Å²) in [4.78, 5) is 15.7. The van der Waals surface area contributed by atoms with Gasteiger partial charge in [0.25, 0.3) is 0 Å². The van der Waals surface area contributed by atoms with Gasteiger partial charge in [-0.3, -0.25) is 10.1 Å². The number of amides is 1. The van der Waals surface area contributed by atoms with E-state index in [1.165, 1.54) is 4.90 Å². The fraction of sp³-hybridized carbons (Fsp3) is 0.562. The van der Waals surface area contributed by atoms with Crippen LogP contribution in [0.1, 0.15) is 25.6 Å². The maximum atomic E-state index is 12.6. The predicted octanol–water partition coefficient (Wildman–Crippen LogP) is 2.51. The molecular weight excluding hydrogens is 284 g/mol. The summed E-state index contributed by atoms with van der Waals surface area (Å²) in [6.07, 6.45) is 2.00. The molecule has 2 atom stereocenters. The highest BCUT2D eigenvalue weighted by atomic mass is 32.2. The van der Waals surface area contributed by atoms with Gasteiger partial charge in [-0.25, -0.2) is 0 Å². The zero-order valence-electron chi connectivity index (χ0n) is 13.1. The minimum absolute atomic E-state index is 0.0593. The number of hydrogen-bond acceptors (Lipinski definition) is 4. The Kier molecular flexibility index (Phi) is 5.67. The van der Waals surface area contributed by atoms with E-state index in [1.54, 1.807) is 18.9 Å². The van der Waals surface area contributed by atoms with Crippen molar-refractivity contribution in [3.8, 4) is 0 Å². The van der Waals surface area contributed by atoms with Crippen LogP contribution in [0.4, 0.5) is 0 Å². The second-order valence-corrected chi connectivity index (χ2v) is 6.47. The zero-order chi connectivity index (χ0) is 15.4. The molecule has 1 heterocycles. The number of methoxy groups -OCH3 is 1. The normalized spacial score (nSPS) is 22.3. The van der Waals surface area contributed by atoms with Crippen molar-refractivity contribution in [3.05, 3.63) is 29.8 Å². The second-order valence-electron chi connectivity index (χ2n) is 5.59. The molecule has 0 bridgehead atoms. The fourth-order valence-corrected chi connectivity index (χ4v) is 3.01. The van der Waals surface area contributed by atoms with Crippen LogP contribution in [0.5, 0.6) is 0 Å². The topological polar surface area (TPSA) is 41.6 Å². The van der Waals surface area contributed by atoms with Crippen LogP contribution in [0.3, 0.4) is 0 Å². The average Bonchev–Trinajstić information content (AvgIpc) is 2.82. The predicted molar refractivity (Wildman–Crippen MR) is 86.3 cm³/mol. The molecule has 1 aliphatic rings. The summed E-state index contributed by atoms with van der Waals surface area (Å²) in [6, 6.07) is 8.28. The van der Waals surface area contributed by atoms with Gasteiger partial charge in [0.2, 0.25) is 5.91 Å².